The number of ether oxygens (including phenoxy) is 3. The lowest BCUT2D eigenvalue weighted by molar-refractivity contribution is -0.121. The molecule has 1 amide bonds. The van der Waals surface area contributed by atoms with E-state index >= 15 is 0 Å². The fourth-order valence-electron chi connectivity index (χ4n) is 4.80. The van der Waals surface area contributed by atoms with Gasteiger partial charge in [0.25, 0.3) is 0 Å². The van der Waals surface area contributed by atoms with Crippen LogP contribution >= 0.6 is 0 Å². The maximum absolute atomic E-state index is 12.4. The van der Waals surface area contributed by atoms with E-state index in [9.17, 15) is 4.79 Å². The summed E-state index contributed by atoms with van der Waals surface area (Å²) in [6.07, 6.45) is 1.95. The SMILES string of the molecule is COc1cc(/C=N\NC(=O)CCN2CCN(C(c3ccccc3)c3ccccc3)CC2)cc(OC)c1OC. The van der Waals surface area contributed by atoms with Crippen LogP contribution in [0.15, 0.2) is 77.9 Å². The first-order chi connectivity index (χ1) is 18.6. The molecule has 0 saturated carbocycles. The lowest BCUT2D eigenvalue weighted by Crippen LogP contribution is -2.48. The van der Waals surface area contributed by atoms with Gasteiger partial charge in [-0.1, -0.05) is 60.7 Å². The molecule has 1 saturated heterocycles. The van der Waals surface area contributed by atoms with E-state index in [4.69, 9.17) is 14.2 Å². The molecule has 3 aromatic rings. The Morgan fingerprint density at radius 2 is 1.42 bits per heavy atom. The number of methoxy groups -OCH3 is 3. The van der Waals surface area contributed by atoms with Gasteiger partial charge in [0.2, 0.25) is 11.7 Å². The van der Waals surface area contributed by atoms with E-state index in [-0.39, 0.29) is 11.9 Å². The maximum atomic E-state index is 12.4. The summed E-state index contributed by atoms with van der Waals surface area (Å²) in [6, 6.07) is 25.1. The largest absolute Gasteiger partial charge is 0.493 e. The normalized spacial score (nSPS) is 14.5. The highest BCUT2D eigenvalue weighted by atomic mass is 16.5. The smallest absolute Gasteiger partial charge is 0.241 e. The first kappa shape index (κ1) is 27.2. The molecule has 0 radical (unpaired) electrons. The fraction of sp³-hybridized carbons (Fsp3) is 0.333. The van der Waals surface area contributed by atoms with Crippen molar-refractivity contribution in [3.63, 3.8) is 0 Å². The Bertz CT molecular complexity index is 1130. The zero-order valence-electron chi connectivity index (χ0n) is 22.3. The predicted molar refractivity (Wildman–Crippen MR) is 149 cm³/mol. The molecule has 1 aliphatic heterocycles. The van der Waals surface area contributed by atoms with E-state index in [0.717, 1.165) is 31.7 Å². The van der Waals surface area contributed by atoms with Crippen LogP contribution in [0.5, 0.6) is 17.2 Å². The first-order valence-electron chi connectivity index (χ1n) is 12.8. The van der Waals surface area contributed by atoms with E-state index in [1.807, 2.05) is 0 Å². The highest BCUT2D eigenvalue weighted by Crippen LogP contribution is 2.37. The minimum atomic E-state index is -0.123. The minimum absolute atomic E-state index is 0.123. The fourth-order valence-corrected chi connectivity index (χ4v) is 4.80. The van der Waals surface area contributed by atoms with Crippen molar-refractivity contribution in [1.82, 2.24) is 15.2 Å². The molecule has 0 bridgehead atoms. The average Bonchev–Trinajstić information content (AvgIpc) is 2.97. The van der Waals surface area contributed by atoms with Crippen molar-refractivity contribution in [2.24, 2.45) is 5.10 Å². The molecule has 1 heterocycles. The number of benzene rings is 3. The van der Waals surface area contributed by atoms with Crippen LogP contribution in [0.1, 0.15) is 29.2 Å². The van der Waals surface area contributed by atoms with E-state index in [0.29, 0.717) is 30.2 Å². The number of piperazine rings is 1. The number of nitrogens with one attached hydrogen (secondary N) is 1. The molecule has 0 spiro atoms. The highest BCUT2D eigenvalue weighted by Gasteiger charge is 2.26. The summed E-state index contributed by atoms with van der Waals surface area (Å²) in [5.41, 5.74) is 5.95. The Hall–Kier alpha value is -3.88. The monoisotopic (exact) mass is 516 g/mol. The van der Waals surface area contributed by atoms with Gasteiger partial charge in [-0.15, -0.1) is 0 Å². The van der Waals surface area contributed by atoms with Gasteiger partial charge in [0.15, 0.2) is 11.5 Å². The Balaban J connectivity index is 1.27. The summed E-state index contributed by atoms with van der Waals surface area (Å²) < 4.78 is 16.1. The van der Waals surface area contributed by atoms with Crippen LogP contribution in [0.25, 0.3) is 0 Å². The first-order valence-corrected chi connectivity index (χ1v) is 12.8. The van der Waals surface area contributed by atoms with Gasteiger partial charge >= 0.3 is 0 Å². The maximum Gasteiger partial charge on any atom is 0.241 e. The van der Waals surface area contributed by atoms with Gasteiger partial charge in [-0.05, 0) is 23.3 Å². The number of nitrogens with zero attached hydrogens (tertiary/aromatic N) is 3. The molecule has 8 heteroatoms. The number of hydrazone groups is 1. The minimum Gasteiger partial charge on any atom is -0.493 e. The zero-order valence-corrected chi connectivity index (χ0v) is 22.3. The summed E-state index contributed by atoms with van der Waals surface area (Å²) in [5, 5.41) is 4.11. The van der Waals surface area contributed by atoms with Crippen molar-refractivity contribution in [2.45, 2.75) is 12.5 Å². The van der Waals surface area contributed by atoms with Gasteiger partial charge < -0.3 is 19.1 Å². The molecule has 4 rings (SSSR count). The molecule has 8 nitrogen and oxygen atoms in total. The second-order valence-electron chi connectivity index (χ2n) is 9.10. The van der Waals surface area contributed by atoms with Gasteiger partial charge in [0.1, 0.15) is 0 Å². The van der Waals surface area contributed by atoms with Crippen LogP contribution in [0, 0.1) is 0 Å². The molecule has 0 aliphatic carbocycles. The van der Waals surface area contributed by atoms with E-state index in [2.05, 4.69) is 81.0 Å². The van der Waals surface area contributed by atoms with E-state index < -0.39 is 0 Å². The summed E-state index contributed by atoms with van der Waals surface area (Å²) in [6.45, 7) is 4.40. The van der Waals surface area contributed by atoms with Gasteiger partial charge in [-0.25, -0.2) is 5.43 Å². The van der Waals surface area contributed by atoms with Crippen molar-refractivity contribution in [3.05, 3.63) is 89.5 Å². The highest BCUT2D eigenvalue weighted by molar-refractivity contribution is 5.84. The van der Waals surface area contributed by atoms with E-state index in [1.54, 1.807) is 39.7 Å². The van der Waals surface area contributed by atoms with Gasteiger partial charge in [-0.2, -0.15) is 5.10 Å². The molecule has 1 fully saturated rings. The number of rotatable bonds is 11. The van der Waals surface area contributed by atoms with Crippen LogP contribution in [-0.4, -0.2) is 76.0 Å². The standard InChI is InChI=1S/C30H36N4O4/c1-36-26-20-23(21-27(37-2)30(26)38-3)22-31-32-28(35)14-15-33-16-18-34(19-17-33)29(24-10-6-4-7-11-24)25-12-8-5-9-13-25/h4-13,20-22,29H,14-19H2,1-3H3,(H,32,35)/b31-22-. The topological polar surface area (TPSA) is 75.6 Å². The molecular weight excluding hydrogens is 480 g/mol. The second kappa shape index (κ2) is 13.6. The lowest BCUT2D eigenvalue weighted by Gasteiger charge is -2.39. The summed E-state index contributed by atoms with van der Waals surface area (Å²) >= 11 is 0. The average molecular weight is 517 g/mol. The summed E-state index contributed by atoms with van der Waals surface area (Å²) in [4.78, 5) is 17.3. The number of hydrogen-bond donors (Lipinski definition) is 1. The molecule has 0 aromatic heterocycles. The Morgan fingerprint density at radius 3 is 1.92 bits per heavy atom. The Morgan fingerprint density at radius 1 is 0.868 bits per heavy atom. The third kappa shape index (κ3) is 6.90. The summed E-state index contributed by atoms with van der Waals surface area (Å²) in [5.74, 6) is 1.44. The molecule has 1 aliphatic rings. The molecule has 1 N–H and O–H groups in total. The van der Waals surface area contributed by atoms with Crippen molar-refractivity contribution in [2.75, 3.05) is 54.1 Å². The van der Waals surface area contributed by atoms with Gasteiger partial charge in [0, 0.05) is 44.7 Å². The van der Waals surface area contributed by atoms with Gasteiger partial charge in [-0.3, -0.25) is 9.69 Å². The van der Waals surface area contributed by atoms with Crippen molar-refractivity contribution < 1.29 is 19.0 Å². The quantitative estimate of drug-likeness (QED) is 0.307. The number of amides is 1. The van der Waals surface area contributed by atoms with Gasteiger partial charge in [0.05, 0.1) is 33.6 Å². The molecular formula is C30H36N4O4. The number of carbonyl (C=O) groups is 1. The van der Waals surface area contributed by atoms with Crippen molar-refractivity contribution in [1.29, 1.82) is 0 Å². The second-order valence-corrected chi connectivity index (χ2v) is 9.10. The summed E-state index contributed by atoms with van der Waals surface area (Å²) in [7, 11) is 4.67. The molecule has 200 valence electrons. The Kier molecular flexibility index (Phi) is 9.72. The van der Waals surface area contributed by atoms with Crippen molar-refractivity contribution in [3.8, 4) is 17.2 Å². The van der Waals surface area contributed by atoms with Crippen molar-refractivity contribution >= 4 is 12.1 Å². The molecule has 3 aromatic carbocycles. The van der Waals surface area contributed by atoms with Crippen LogP contribution in [-0.2, 0) is 4.79 Å². The molecule has 0 unspecified atom stereocenters. The molecule has 38 heavy (non-hydrogen) atoms. The Labute approximate surface area is 224 Å². The van der Waals surface area contributed by atoms with Crippen LogP contribution in [0.3, 0.4) is 0 Å². The third-order valence-corrected chi connectivity index (χ3v) is 6.75. The lowest BCUT2D eigenvalue weighted by atomic mass is 9.96. The van der Waals surface area contributed by atoms with Crippen LogP contribution < -0.4 is 19.6 Å². The number of carbonyl (C=O) groups excluding carboxylic acids is 1. The van der Waals surface area contributed by atoms with Crippen LogP contribution in [0.2, 0.25) is 0 Å². The predicted octanol–water partition coefficient (Wildman–Crippen LogP) is 3.96. The zero-order chi connectivity index (χ0) is 26.7. The van der Waals surface area contributed by atoms with E-state index in [1.165, 1.54) is 11.1 Å². The molecule has 0 atom stereocenters. The number of hydrogen-bond acceptors (Lipinski definition) is 7. The third-order valence-electron chi connectivity index (χ3n) is 6.75. The van der Waals surface area contributed by atoms with Crippen LogP contribution in [0.4, 0.5) is 0 Å².